The van der Waals surface area contributed by atoms with Crippen molar-refractivity contribution in [2.24, 2.45) is 0 Å². The molecule has 4 rings (SSSR count). The van der Waals surface area contributed by atoms with E-state index in [1.54, 1.807) is 6.20 Å². The van der Waals surface area contributed by atoms with Gasteiger partial charge in [0.2, 0.25) is 0 Å². The Balaban J connectivity index is 1.80. The molecule has 0 saturated carbocycles. The van der Waals surface area contributed by atoms with Crippen LogP contribution in [-0.4, -0.2) is 39.7 Å². The van der Waals surface area contributed by atoms with Gasteiger partial charge in [0.1, 0.15) is 5.59 Å². The summed E-state index contributed by atoms with van der Waals surface area (Å²) in [6.45, 7) is 8.94. The van der Waals surface area contributed by atoms with Crippen molar-refractivity contribution in [1.82, 2.24) is 14.8 Å². The third kappa shape index (κ3) is 2.93. The Labute approximate surface area is 156 Å². The second kappa shape index (κ2) is 6.04. The molecule has 0 N–H and O–H groups in total. The standard InChI is InChI=1S/C17H23BBrN3O3/c1-16(2)17(3,4)25-18(24-16)14-12-9-11(19)10-20-15(12)22(21-14)13-7-5-6-8-23-13/h9-10,13H,5-8H2,1-4H3. The van der Waals surface area contributed by atoms with Gasteiger partial charge >= 0.3 is 7.12 Å². The summed E-state index contributed by atoms with van der Waals surface area (Å²) in [5.74, 6) is 0. The summed E-state index contributed by atoms with van der Waals surface area (Å²) >= 11 is 3.51. The summed E-state index contributed by atoms with van der Waals surface area (Å²) in [7, 11) is -0.520. The highest BCUT2D eigenvalue weighted by Gasteiger charge is 2.53. The minimum Gasteiger partial charge on any atom is -0.398 e. The Morgan fingerprint density at radius 1 is 1.20 bits per heavy atom. The Morgan fingerprint density at radius 2 is 1.92 bits per heavy atom. The van der Waals surface area contributed by atoms with Crippen LogP contribution in [0.5, 0.6) is 0 Å². The van der Waals surface area contributed by atoms with Gasteiger partial charge in [0, 0.05) is 22.7 Å². The molecule has 0 spiro atoms. The molecule has 4 heterocycles. The van der Waals surface area contributed by atoms with E-state index in [4.69, 9.17) is 19.1 Å². The molecular formula is C17H23BBrN3O3. The third-order valence-electron chi connectivity index (χ3n) is 5.45. The molecule has 0 aromatic carbocycles. The second-order valence-electron chi connectivity index (χ2n) is 7.76. The first-order valence-corrected chi connectivity index (χ1v) is 9.59. The van der Waals surface area contributed by atoms with Crippen LogP contribution in [0.2, 0.25) is 0 Å². The van der Waals surface area contributed by atoms with E-state index < -0.39 is 18.3 Å². The molecule has 2 saturated heterocycles. The van der Waals surface area contributed by atoms with Gasteiger partial charge in [0.05, 0.1) is 11.2 Å². The van der Waals surface area contributed by atoms with Gasteiger partial charge in [-0.1, -0.05) is 0 Å². The molecule has 0 aliphatic carbocycles. The van der Waals surface area contributed by atoms with Crippen molar-refractivity contribution < 1.29 is 14.0 Å². The van der Waals surface area contributed by atoms with E-state index in [1.165, 1.54) is 0 Å². The van der Waals surface area contributed by atoms with E-state index >= 15 is 0 Å². The average Bonchev–Trinajstić information content (AvgIpc) is 3.02. The molecule has 1 unspecified atom stereocenters. The zero-order valence-electron chi connectivity index (χ0n) is 15.1. The molecule has 2 aromatic rings. The first kappa shape index (κ1) is 17.5. The van der Waals surface area contributed by atoms with Crippen molar-refractivity contribution in [3.8, 4) is 0 Å². The minimum atomic E-state index is -0.520. The topological polar surface area (TPSA) is 58.4 Å². The quantitative estimate of drug-likeness (QED) is 0.715. The summed E-state index contributed by atoms with van der Waals surface area (Å²) < 4.78 is 21.2. The Morgan fingerprint density at radius 3 is 2.56 bits per heavy atom. The molecular weight excluding hydrogens is 385 g/mol. The Hall–Kier alpha value is -0.955. The van der Waals surface area contributed by atoms with Crippen molar-refractivity contribution in [2.75, 3.05) is 6.61 Å². The van der Waals surface area contributed by atoms with Gasteiger partial charge in [0.25, 0.3) is 0 Å². The minimum absolute atomic E-state index is 0.0823. The van der Waals surface area contributed by atoms with Gasteiger partial charge in [-0.15, -0.1) is 0 Å². The summed E-state index contributed by atoms with van der Waals surface area (Å²) in [5.41, 5.74) is 0.750. The van der Waals surface area contributed by atoms with E-state index in [1.807, 2.05) is 38.4 Å². The molecule has 6 nitrogen and oxygen atoms in total. The average molecular weight is 408 g/mol. The highest BCUT2D eigenvalue weighted by atomic mass is 79.9. The second-order valence-corrected chi connectivity index (χ2v) is 8.68. The summed E-state index contributed by atoms with van der Waals surface area (Å²) in [6, 6.07) is 2.02. The van der Waals surface area contributed by atoms with Crippen molar-refractivity contribution >= 4 is 39.7 Å². The molecule has 1 atom stereocenters. The molecule has 8 heteroatoms. The number of pyridine rings is 1. The predicted molar refractivity (Wildman–Crippen MR) is 99.8 cm³/mol. The maximum absolute atomic E-state index is 6.22. The largest absolute Gasteiger partial charge is 0.517 e. The van der Waals surface area contributed by atoms with Gasteiger partial charge in [-0.25, -0.2) is 9.67 Å². The molecule has 2 aromatic heterocycles. The molecule has 134 valence electrons. The predicted octanol–water partition coefficient (Wildman–Crippen LogP) is 3.19. The number of nitrogens with zero attached hydrogens (tertiary/aromatic N) is 3. The van der Waals surface area contributed by atoms with Crippen LogP contribution in [0.1, 0.15) is 53.2 Å². The first-order chi connectivity index (χ1) is 11.8. The first-order valence-electron chi connectivity index (χ1n) is 8.79. The van der Waals surface area contributed by atoms with Crippen LogP contribution in [0.4, 0.5) is 0 Å². The lowest BCUT2D eigenvalue weighted by Crippen LogP contribution is -2.41. The summed E-state index contributed by atoms with van der Waals surface area (Å²) in [6.07, 6.45) is 4.88. The fraction of sp³-hybridized carbons (Fsp3) is 0.647. The lowest BCUT2D eigenvalue weighted by Gasteiger charge is -2.32. The van der Waals surface area contributed by atoms with Crippen LogP contribution in [0.15, 0.2) is 16.7 Å². The lowest BCUT2D eigenvalue weighted by molar-refractivity contribution is -0.0368. The van der Waals surface area contributed by atoms with Crippen LogP contribution < -0.4 is 5.59 Å². The van der Waals surface area contributed by atoms with Crippen molar-refractivity contribution in [3.63, 3.8) is 0 Å². The van der Waals surface area contributed by atoms with Crippen molar-refractivity contribution in [1.29, 1.82) is 0 Å². The van der Waals surface area contributed by atoms with E-state index in [9.17, 15) is 0 Å². The third-order valence-corrected chi connectivity index (χ3v) is 5.88. The molecule has 2 aliphatic rings. The molecule has 25 heavy (non-hydrogen) atoms. The number of halogens is 1. The molecule has 0 radical (unpaired) electrons. The van der Waals surface area contributed by atoms with E-state index in [0.717, 1.165) is 47.0 Å². The Bertz CT molecular complexity index is 786. The van der Waals surface area contributed by atoms with E-state index in [-0.39, 0.29) is 6.23 Å². The SMILES string of the molecule is CC1(C)OB(c2nn(C3CCCCO3)c3ncc(Br)cc23)OC1(C)C. The smallest absolute Gasteiger partial charge is 0.398 e. The number of rotatable bonds is 2. The van der Waals surface area contributed by atoms with Crippen LogP contribution >= 0.6 is 15.9 Å². The molecule has 2 fully saturated rings. The normalized spacial score (nSPS) is 25.6. The fourth-order valence-corrected chi connectivity index (χ4v) is 3.60. The summed E-state index contributed by atoms with van der Waals surface area (Å²) in [4.78, 5) is 4.58. The Kier molecular flexibility index (Phi) is 4.22. The van der Waals surface area contributed by atoms with Crippen LogP contribution in [0, 0.1) is 0 Å². The van der Waals surface area contributed by atoms with Gasteiger partial charge in [-0.05, 0) is 69.0 Å². The lowest BCUT2D eigenvalue weighted by atomic mass is 9.83. The van der Waals surface area contributed by atoms with Gasteiger partial charge < -0.3 is 14.0 Å². The van der Waals surface area contributed by atoms with E-state index in [2.05, 4.69) is 20.9 Å². The van der Waals surface area contributed by atoms with Gasteiger partial charge in [0.15, 0.2) is 11.9 Å². The zero-order valence-corrected chi connectivity index (χ0v) is 16.7. The van der Waals surface area contributed by atoms with Crippen molar-refractivity contribution in [2.45, 2.75) is 64.4 Å². The maximum atomic E-state index is 6.22. The molecule has 2 aliphatic heterocycles. The van der Waals surface area contributed by atoms with Crippen LogP contribution in [0.25, 0.3) is 11.0 Å². The van der Waals surface area contributed by atoms with Crippen molar-refractivity contribution in [3.05, 3.63) is 16.7 Å². The van der Waals surface area contributed by atoms with Crippen LogP contribution in [-0.2, 0) is 14.0 Å². The monoisotopic (exact) mass is 407 g/mol. The molecule has 0 amide bonds. The van der Waals surface area contributed by atoms with Gasteiger partial charge in [-0.2, -0.15) is 5.10 Å². The molecule has 0 bridgehead atoms. The van der Waals surface area contributed by atoms with Crippen LogP contribution in [0.3, 0.4) is 0 Å². The number of fused-ring (bicyclic) bond motifs is 1. The van der Waals surface area contributed by atoms with Gasteiger partial charge in [-0.3, -0.25) is 0 Å². The number of hydrogen-bond donors (Lipinski definition) is 0. The number of ether oxygens (including phenoxy) is 1. The van der Waals surface area contributed by atoms with E-state index in [0.29, 0.717) is 0 Å². The maximum Gasteiger partial charge on any atom is 0.517 e. The zero-order chi connectivity index (χ0) is 17.8. The summed E-state index contributed by atoms with van der Waals surface area (Å²) in [5, 5.41) is 5.76. The number of hydrogen-bond acceptors (Lipinski definition) is 5. The number of aromatic nitrogens is 3. The fourth-order valence-electron chi connectivity index (χ4n) is 3.27. The highest BCUT2D eigenvalue weighted by molar-refractivity contribution is 9.10. The highest BCUT2D eigenvalue weighted by Crippen LogP contribution is 2.37.